The largest absolute Gasteiger partial charge is 0.490 e. The number of nitrogens with one attached hydrogen (secondary N) is 1. The molecule has 2 aromatic rings. The molecule has 0 heterocycles. The number of para-hydroxylation sites is 1. The molecule has 0 spiro atoms. The number of nitro groups is 1. The Morgan fingerprint density at radius 3 is 2.76 bits per heavy atom. The molecule has 0 bridgehead atoms. The molecule has 0 fully saturated rings. The van der Waals surface area contributed by atoms with Gasteiger partial charge in [0.15, 0.2) is 11.5 Å². The number of ether oxygens (including phenoxy) is 2. The zero-order valence-corrected chi connectivity index (χ0v) is 17.1. The molecule has 0 radical (unpaired) electrons. The number of hydrogen-bond donors (Lipinski definition) is 1. The number of amides is 1. The lowest BCUT2D eigenvalue weighted by atomic mass is 10.1. The van der Waals surface area contributed by atoms with Gasteiger partial charge in [-0.1, -0.05) is 24.1 Å². The molecule has 2 aromatic carbocycles. The number of carbonyl (C=O) groups excluding carboxylic acids is 1. The van der Waals surface area contributed by atoms with Crippen molar-refractivity contribution in [3.63, 3.8) is 0 Å². The van der Waals surface area contributed by atoms with Crippen molar-refractivity contribution in [2.45, 2.75) is 13.3 Å². The van der Waals surface area contributed by atoms with Crippen molar-refractivity contribution >= 4 is 33.7 Å². The monoisotopic (exact) mass is 459 g/mol. The third kappa shape index (κ3) is 6.33. The van der Waals surface area contributed by atoms with Crippen LogP contribution < -0.4 is 14.9 Å². The summed E-state index contributed by atoms with van der Waals surface area (Å²) >= 11 is 3.40. The Morgan fingerprint density at radius 1 is 1.34 bits per heavy atom. The van der Waals surface area contributed by atoms with E-state index in [4.69, 9.17) is 15.9 Å². The van der Waals surface area contributed by atoms with E-state index in [-0.39, 0.29) is 18.7 Å². The van der Waals surface area contributed by atoms with Crippen LogP contribution in [0.4, 0.5) is 5.69 Å². The van der Waals surface area contributed by atoms with Crippen molar-refractivity contribution in [1.29, 1.82) is 0 Å². The minimum atomic E-state index is -0.526. The lowest BCUT2D eigenvalue weighted by molar-refractivity contribution is -0.385. The van der Waals surface area contributed by atoms with Gasteiger partial charge in [0, 0.05) is 21.7 Å². The number of halogens is 1. The fourth-order valence-corrected chi connectivity index (χ4v) is 2.80. The van der Waals surface area contributed by atoms with Crippen molar-refractivity contribution in [1.82, 2.24) is 5.43 Å². The van der Waals surface area contributed by atoms with Crippen LogP contribution in [0.25, 0.3) is 0 Å². The summed E-state index contributed by atoms with van der Waals surface area (Å²) in [6.07, 6.45) is 6.47. The maximum atomic E-state index is 12.1. The SMILES string of the molecule is C#CCOc1cc(Br)c(/C=N/NC(=O)Cc2ccccc2[N+](=O)[O-])cc1OCC. The lowest BCUT2D eigenvalue weighted by Gasteiger charge is -2.12. The van der Waals surface area contributed by atoms with Crippen LogP contribution in [0.15, 0.2) is 46.0 Å². The highest BCUT2D eigenvalue weighted by atomic mass is 79.9. The first-order valence-corrected chi connectivity index (χ1v) is 9.32. The average molecular weight is 460 g/mol. The van der Waals surface area contributed by atoms with Crippen LogP contribution in [-0.4, -0.2) is 30.3 Å². The maximum absolute atomic E-state index is 12.1. The number of rotatable bonds is 9. The van der Waals surface area contributed by atoms with Crippen LogP contribution in [-0.2, 0) is 11.2 Å². The Kier molecular flexibility index (Phi) is 8.18. The van der Waals surface area contributed by atoms with E-state index < -0.39 is 10.8 Å². The second kappa shape index (κ2) is 10.8. The highest BCUT2D eigenvalue weighted by Gasteiger charge is 2.15. The molecule has 8 nitrogen and oxygen atoms in total. The Bertz CT molecular complexity index is 969. The topological polar surface area (TPSA) is 103 Å². The van der Waals surface area contributed by atoms with Crippen molar-refractivity contribution in [3.05, 3.63) is 62.1 Å². The number of nitro benzene ring substituents is 1. The average Bonchev–Trinajstić information content (AvgIpc) is 2.69. The summed E-state index contributed by atoms with van der Waals surface area (Å²) in [4.78, 5) is 22.6. The van der Waals surface area contributed by atoms with Gasteiger partial charge in [0.25, 0.3) is 5.69 Å². The van der Waals surface area contributed by atoms with Gasteiger partial charge in [-0.2, -0.15) is 5.10 Å². The van der Waals surface area contributed by atoms with Gasteiger partial charge in [-0.3, -0.25) is 14.9 Å². The summed E-state index contributed by atoms with van der Waals surface area (Å²) < 4.78 is 11.7. The van der Waals surface area contributed by atoms with E-state index in [1.54, 1.807) is 24.3 Å². The highest BCUT2D eigenvalue weighted by Crippen LogP contribution is 2.33. The van der Waals surface area contributed by atoms with Crippen LogP contribution in [0.2, 0.25) is 0 Å². The number of nitrogens with zero attached hydrogens (tertiary/aromatic N) is 2. The maximum Gasteiger partial charge on any atom is 0.273 e. The molecule has 0 aliphatic heterocycles. The second-order valence-electron chi connectivity index (χ2n) is 5.60. The first-order chi connectivity index (χ1) is 14.0. The summed E-state index contributed by atoms with van der Waals surface area (Å²) in [7, 11) is 0. The van der Waals surface area contributed by atoms with Gasteiger partial charge in [-0.05, 0) is 35.0 Å². The van der Waals surface area contributed by atoms with Gasteiger partial charge in [0.2, 0.25) is 5.91 Å². The highest BCUT2D eigenvalue weighted by molar-refractivity contribution is 9.10. The van der Waals surface area contributed by atoms with E-state index in [2.05, 4.69) is 32.4 Å². The molecule has 0 saturated heterocycles. The van der Waals surface area contributed by atoms with E-state index in [0.717, 1.165) is 0 Å². The van der Waals surface area contributed by atoms with Gasteiger partial charge in [0.1, 0.15) is 6.61 Å². The Morgan fingerprint density at radius 2 is 2.07 bits per heavy atom. The lowest BCUT2D eigenvalue weighted by Crippen LogP contribution is -2.20. The summed E-state index contributed by atoms with van der Waals surface area (Å²) in [5.74, 6) is 2.87. The molecule has 1 N–H and O–H groups in total. The zero-order chi connectivity index (χ0) is 21.2. The van der Waals surface area contributed by atoms with E-state index in [1.165, 1.54) is 18.3 Å². The molecule has 0 aliphatic carbocycles. The number of carbonyl (C=O) groups is 1. The number of hydrogen-bond acceptors (Lipinski definition) is 6. The minimum absolute atomic E-state index is 0.0988. The molecule has 0 aromatic heterocycles. The van der Waals surface area contributed by atoms with E-state index in [9.17, 15) is 14.9 Å². The molecular weight excluding hydrogens is 442 g/mol. The third-order valence-corrected chi connectivity index (χ3v) is 4.29. The first-order valence-electron chi connectivity index (χ1n) is 8.53. The number of hydrazone groups is 1. The van der Waals surface area contributed by atoms with Crippen molar-refractivity contribution in [2.75, 3.05) is 13.2 Å². The van der Waals surface area contributed by atoms with Crippen molar-refractivity contribution in [2.24, 2.45) is 5.10 Å². The molecule has 2 rings (SSSR count). The fraction of sp³-hybridized carbons (Fsp3) is 0.200. The normalized spacial score (nSPS) is 10.4. The Labute approximate surface area is 176 Å². The molecule has 0 atom stereocenters. The van der Waals surface area contributed by atoms with Crippen molar-refractivity contribution < 1.29 is 19.2 Å². The quantitative estimate of drug-likeness (QED) is 0.267. The Balaban J connectivity index is 2.09. The van der Waals surface area contributed by atoms with Gasteiger partial charge in [-0.15, -0.1) is 6.42 Å². The predicted molar refractivity (Wildman–Crippen MR) is 112 cm³/mol. The summed E-state index contributed by atoms with van der Waals surface area (Å²) in [6, 6.07) is 9.44. The summed E-state index contributed by atoms with van der Waals surface area (Å²) in [6.45, 7) is 2.36. The summed E-state index contributed by atoms with van der Waals surface area (Å²) in [5, 5.41) is 14.9. The predicted octanol–water partition coefficient (Wildman–Crippen LogP) is 3.46. The van der Waals surface area contributed by atoms with Gasteiger partial charge in [-0.25, -0.2) is 5.43 Å². The van der Waals surface area contributed by atoms with Crippen LogP contribution in [0.5, 0.6) is 11.5 Å². The van der Waals surface area contributed by atoms with E-state index >= 15 is 0 Å². The molecule has 150 valence electrons. The Hall–Kier alpha value is -3.38. The van der Waals surface area contributed by atoms with E-state index in [1.807, 2.05) is 6.92 Å². The molecule has 0 saturated carbocycles. The van der Waals surface area contributed by atoms with Gasteiger partial charge in [0.05, 0.1) is 24.2 Å². The summed E-state index contributed by atoms with van der Waals surface area (Å²) in [5.41, 5.74) is 3.19. The van der Waals surface area contributed by atoms with Crippen molar-refractivity contribution in [3.8, 4) is 23.8 Å². The van der Waals surface area contributed by atoms with Crippen LogP contribution in [0.3, 0.4) is 0 Å². The van der Waals surface area contributed by atoms with Gasteiger partial charge >= 0.3 is 0 Å². The third-order valence-electron chi connectivity index (χ3n) is 3.61. The zero-order valence-electron chi connectivity index (χ0n) is 15.6. The molecular formula is C20H18BrN3O5. The van der Waals surface area contributed by atoms with Gasteiger partial charge < -0.3 is 9.47 Å². The smallest absolute Gasteiger partial charge is 0.273 e. The minimum Gasteiger partial charge on any atom is -0.490 e. The molecule has 1 amide bonds. The van der Waals surface area contributed by atoms with E-state index in [0.29, 0.717) is 33.7 Å². The second-order valence-corrected chi connectivity index (χ2v) is 6.46. The molecule has 0 aliphatic rings. The van der Waals surface area contributed by atoms with Crippen LogP contribution in [0, 0.1) is 22.5 Å². The standard InChI is InChI=1S/C20H18BrN3O5/c1-3-9-29-19-12-16(21)15(10-18(19)28-4-2)13-22-23-20(25)11-14-7-5-6-8-17(14)24(26)27/h1,5-8,10,12-13H,4,9,11H2,2H3,(H,23,25)/b22-13+. The molecule has 0 unspecified atom stereocenters. The number of benzene rings is 2. The first kappa shape index (κ1) is 21.9. The van der Waals surface area contributed by atoms with Crippen LogP contribution >= 0.6 is 15.9 Å². The number of terminal acetylenes is 1. The fourth-order valence-electron chi connectivity index (χ4n) is 2.38. The van der Waals surface area contributed by atoms with Crippen LogP contribution in [0.1, 0.15) is 18.1 Å². The molecule has 29 heavy (non-hydrogen) atoms. The molecule has 9 heteroatoms.